The molecule has 0 fully saturated rings. The second-order valence-electron chi connectivity index (χ2n) is 10.4. The van der Waals surface area contributed by atoms with Crippen LogP contribution in [-0.4, -0.2) is 116 Å². The fraction of sp³-hybridized carbons (Fsp3) is 0.429. The highest BCUT2D eigenvalue weighted by molar-refractivity contribution is 5.97. The van der Waals surface area contributed by atoms with Gasteiger partial charge < -0.3 is 57.7 Å². The number of para-hydroxylation sites is 1. The molecule has 0 saturated heterocycles. The summed E-state index contributed by atoms with van der Waals surface area (Å²) in [7, 11) is 0. The van der Waals surface area contributed by atoms with Crippen LogP contribution in [0.25, 0.3) is 10.9 Å². The Morgan fingerprint density at radius 1 is 0.809 bits per heavy atom. The highest BCUT2D eigenvalue weighted by atomic mass is 16.4. The van der Waals surface area contributed by atoms with Crippen LogP contribution in [0.5, 0.6) is 0 Å². The number of carboxylic acid groups (broad SMARTS) is 3. The van der Waals surface area contributed by atoms with Crippen molar-refractivity contribution in [1.29, 1.82) is 0 Å². The Bertz CT molecular complexity index is 1490. The van der Waals surface area contributed by atoms with Crippen molar-refractivity contribution in [2.75, 3.05) is 13.2 Å². The lowest BCUT2D eigenvalue weighted by Gasteiger charge is -2.23. The van der Waals surface area contributed by atoms with Gasteiger partial charge in [0.05, 0.1) is 25.6 Å². The zero-order valence-electron chi connectivity index (χ0n) is 25.1. The molecule has 0 radical (unpaired) electrons. The lowest BCUT2D eigenvalue weighted by atomic mass is 10.0. The van der Waals surface area contributed by atoms with Crippen molar-refractivity contribution in [3.8, 4) is 0 Å². The van der Waals surface area contributed by atoms with E-state index in [9.17, 15) is 48.6 Å². The number of aliphatic carboxylic acids is 3. The monoisotopic (exact) mass is 663 g/mol. The molecule has 1 aromatic heterocycles. The van der Waals surface area contributed by atoms with E-state index in [0.29, 0.717) is 0 Å². The van der Waals surface area contributed by atoms with Crippen LogP contribution in [0.2, 0.25) is 0 Å². The molecule has 0 aliphatic heterocycles. The van der Waals surface area contributed by atoms with Gasteiger partial charge in [-0.1, -0.05) is 18.2 Å². The maximum Gasteiger partial charge on any atom is 0.326 e. The maximum absolute atomic E-state index is 12.9. The van der Waals surface area contributed by atoms with Crippen molar-refractivity contribution in [2.24, 2.45) is 5.73 Å². The zero-order valence-corrected chi connectivity index (χ0v) is 25.1. The standard InChI is InChI=1S/C28H37N7O12/c1-13(24(42)35-20(12-36)26(44)31-11-21(37)33-18(28(46)47)6-7-22(38)39)32-27(45)19(9-23(40)41)34-25(43)16(29)8-14-10-30-17-5-3-2-4-15(14)17/h2-5,10,13,16,18-20,30,36H,6-9,11-12,29H2,1H3,(H,31,44)(H,32,45)(H,33,37)(H,34,43)(H,35,42)(H,38,39)(H,40,41)(H,46,47)/t13-,16-,18-,19-,20-/m0/s1. The van der Waals surface area contributed by atoms with Gasteiger partial charge in [-0.25, -0.2) is 4.79 Å². The minimum absolute atomic E-state index is 0.0627. The molecular formula is C28H37N7O12. The third-order valence-corrected chi connectivity index (χ3v) is 6.73. The van der Waals surface area contributed by atoms with Crippen LogP contribution in [0.3, 0.4) is 0 Å². The Morgan fingerprint density at radius 3 is 2.09 bits per heavy atom. The van der Waals surface area contributed by atoms with Crippen molar-refractivity contribution >= 4 is 58.3 Å². The van der Waals surface area contributed by atoms with Crippen LogP contribution >= 0.6 is 0 Å². The third-order valence-electron chi connectivity index (χ3n) is 6.73. The summed E-state index contributed by atoms with van der Waals surface area (Å²) in [5.41, 5.74) is 7.56. The fourth-order valence-corrected chi connectivity index (χ4v) is 4.22. The van der Waals surface area contributed by atoms with Gasteiger partial charge >= 0.3 is 17.9 Å². The van der Waals surface area contributed by atoms with Gasteiger partial charge in [0.1, 0.15) is 24.2 Å². The summed E-state index contributed by atoms with van der Waals surface area (Å²) in [6, 6.07) is -0.105. The molecule has 0 aliphatic rings. The van der Waals surface area contributed by atoms with Crippen LogP contribution in [0.1, 0.15) is 31.7 Å². The topological polar surface area (TPSA) is 319 Å². The Labute approximate surface area is 266 Å². The van der Waals surface area contributed by atoms with Gasteiger partial charge in [-0.2, -0.15) is 0 Å². The SMILES string of the molecule is C[C@H](NC(=O)[C@H](CC(=O)O)NC(=O)[C@@H](N)Cc1c[nH]c2ccccc12)C(=O)N[C@@H](CO)C(=O)NCC(=O)N[C@@H](CCC(=O)O)C(=O)O. The molecule has 2 aromatic rings. The number of carboxylic acids is 3. The van der Waals surface area contributed by atoms with E-state index in [1.165, 1.54) is 6.92 Å². The molecule has 19 nitrogen and oxygen atoms in total. The number of aromatic amines is 1. The first-order valence-corrected chi connectivity index (χ1v) is 14.2. The summed E-state index contributed by atoms with van der Waals surface area (Å²) < 4.78 is 0. The second kappa shape index (κ2) is 17.8. The number of nitrogens with two attached hydrogens (primary N) is 1. The van der Waals surface area contributed by atoms with Gasteiger partial charge in [0.15, 0.2) is 0 Å². The number of aliphatic hydroxyl groups excluding tert-OH is 1. The molecule has 256 valence electrons. The third kappa shape index (κ3) is 12.0. The highest BCUT2D eigenvalue weighted by Crippen LogP contribution is 2.18. The Hall–Kier alpha value is -5.56. The first kappa shape index (κ1) is 37.6. The van der Waals surface area contributed by atoms with Crippen molar-refractivity contribution in [2.45, 2.75) is 62.8 Å². The molecule has 1 aromatic carbocycles. The number of carbonyl (C=O) groups is 8. The predicted molar refractivity (Wildman–Crippen MR) is 160 cm³/mol. The van der Waals surface area contributed by atoms with Crippen molar-refractivity contribution in [1.82, 2.24) is 31.6 Å². The number of nitrogens with one attached hydrogen (secondary N) is 6. The minimum Gasteiger partial charge on any atom is -0.481 e. The van der Waals surface area contributed by atoms with Gasteiger partial charge in [0.2, 0.25) is 29.5 Å². The van der Waals surface area contributed by atoms with E-state index in [4.69, 9.17) is 15.9 Å². The molecule has 12 N–H and O–H groups in total. The molecule has 47 heavy (non-hydrogen) atoms. The lowest BCUT2D eigenvalue weighted by Crippen LogP contribution is -2.58. The number of rotatable bonds is 19. The van der Waals surface area contributed by atoms with E-state index in [1.807, 2.05) is 23.5 Å². The Kier molecular flexibility index (Phi) is 14.3. The normalized spacial score (nSPS) is 14.0. The Balaban J connectivity index is 1.93. The lowest BCUT2D eigenvalue weighted by molar-refractivity contribution is -0.143. The van der Waals surface area contributed by atoms with E-state index in [1.54, 1.807) is 12.3 Å². The molecule has 0 saturated carbocycles. The number of H-pyrrole nitrogens is 1. The molecular weight excluding hydrogens is 626 g/mol. The first-order chi connectivity index (χ1) is 22.1. The van der Waals surface area contributed by atoms with Crippen molar-refractivity contribution in [3.05, 3.63) is 36.0 Å². The van der Waals surface area contributed by atoms with E-state index >= 15 is 0 Å². The van der Waals surface area contributed by atoms with E-state index in [2.05, 4.69) is 26.3 Å². The summed E-state index contributed by atoms with van der Waals surface area (Å²) in [6.07, 6.45) is -0.0758. The summed E-state index contributed by atoms with van der Waals surface area (Å²) in [5.74, 6) is -9.17. The molecule has 19 heteroatoms. The van der Waals surface area contributed by atoms with E-state index in [0.717, 1.165) is 16.5 Å². The highest BCUT2D eigenvalue weighted by Gasteiger charge is 2.30. The largest absolute Gasteiger partial charge is 0.481 e. The molecule has 5 atom stereocenters. The first-order valence-electron chi connectivity index (χ1n) is 14.2. The van der Waals surface area contributed by atoms with Crippen LogP contribution in [0.15, 0.2) is 30.5 Å². The molecule has 1 heterocycles. The number of amides is 5. The number of hydrogen-bond acceptors (Lipinski definition) is 10. The maximum atomic E-state index is 12.9. The number of carbonyl (C=O) groups excluding carboxylic acids is 5. The zero-order chi connectivity index (χ0) is 35.3. The fourth-order valence-electron chi connectivity index (χ4n) is 4.22. The van der Waals surface area contributed by atoms with Crippen molar-refractivity contribution in [3.63, 3.8) is 0 Å². The number of aromatic nitrogens is 1. The van der Waals surface area contributed by atoms with Crippen LogP contribution < -0.4 is 32.3 Å². The molecule has 0 aliphatic carbocycles. The van der Waals surface area contributed by atoms with Crippen LogP contribution in [0, 0.1) is 0 Å². The molecule has 5 amide bonds. The average Bonchev–Trinajstić information content (AvgIpc) is 3.41. The van der Waals surface area contributed by atoms with Crippen LogP contribution in [0.4, 0.5) is 0 Å². The van der Waals surface area contributed by atoms with Gasteiger partial charge in [-0.3, -0.25) is 33.6 Å². The number of fused-ring (bicyclic) bond motifs is 1. The van der Waals surface area contributed by atoms with Gasteiger partial charge in [0, 0.05) is 23.5 Å². The summed E-state index contributed by atoms with van der Waals surface area (Å²) in [5, 5.41) is 48.2. The predicted octanol–water partition coefficient (Wildman–Crippen LogP) is -3.47. The quantitative estimate of drug-likeness (QED) is 0.0697. The van der Waals surface area contributed by atoms with Gasteiger partial charge in [-0.15, -0.1) is 0 Å². The summed E-state index contributed by atoms with van der Waals surface area (Å²) in [6.45, 7) is -0.561. The van der Waals surface area contributed by atoms with Gasteiger partial charge in [0.25, 0.3) is 0 Å². The van der Waals surface area contributed by atoms with Crippen molar-refractivity contribution < 1.29 is 58.8 Å². The average molecular weight is 664 g/mol. The minimum atomic E-state index is -1.63. The van der Waals surface area contributed by atoms with E-state index in [-0.39, 0.29) is 6.42 Å². The van der Waals surface area contributed by atoms with Crippen LogP contribution in [-0.2, 0) is 44.8 Å². The molecule has 2 rings (SSSR count). The molecule has 0 unspecified atom stereocenters. The summed E-state index contributed by atoms with van der Waals surface area (Å²) >= 11 is 0. The Morgan fingerprint density at radius 2 is 1.47 bits per heavy atom. The number of hydrogen-bond donors (Lipinski definition) is 11. The smallest absolute Gasteiger partial charge is 0.326 e. The molecule has 0 spiro atoms. The van der Waals surface area contributed by atoms with E-state index < -0.39 is 110 Å². The number of aliphatic hydroxyl groups is 1. The van der Waals surface area contributed by atoms with Gasteiger partial charge in [-0.05, 0) is 31.4 Å². The summed E-state index contributed by atoms with van der Waals surface area (Å²) in [4.78, 5) is 99.1. The second-order valence-corrected chi connectivity index (χ2v) is 10.4. The molecule has 0 bridgehead atoms. The number of benzene rings is 1.